The van der Waals surface area contributed by atoms with Crippen LogP contribution < -0.4 is 10.2 Å². The Labute approximate surface area is 129 Å². The lowest BCUT2D eigenvalue weighted by Gasteiger charge is -2.23. The zero-order valence-electron chi connectivity index (χ0n) is 12.5. The van der Waals surface area contributed by atoms with Gasteiger partial charge < -0.3 is 15.1 Å². The molecule has 0 bridgehead atoms. The number of fused-ring (bicyclic) bond motifs is 1. The van der Waals surface area contributed by atoms with Gasteiger partial charge in [0.25, 0.3) is 5.91 Å². The van der Waals surface area contributed by atoms with Gasteiger partial charge in [-0.2, -0.15) is 0 Å². The molecule has 4 heterocycles. The van der Waals surface area contributed by atoms with Crippen molar-refractivity contribution in [2.24, 2.45) is 11.8 Å². The van der Waals surface area contributed by atoms with Crippen molar-refractivity contribution in [3.63, 3.8) is 0 Å². The predicted molar refractivity (Wildman–Crippen MR) is 81.6 cm³/mol. The second-order valence-corrected chi connectivity index (χ2v) is 6.39. The van der Waals surface area contributed by atoms with Crippen LogP contribution in [-0.2, 0) is 4.79 Å². The first kappa shape index (κ1) is 13.5. The van der Waals surface area contributed by atoms with Gasteiger partial charge in [0.05, 0.1) is 11.5 Å². The van der Waals surface area contributed by atoms with E-state index in [4.69, 9.17) is 0 Å². The third kappa shape index (κ3) is 2.14. The number of aromatic nitrogens is 1. The lowest BCUT2D eigenvalue weighted by molar-refractivity contribution is -0.122. The number of hydrogen-bond donors (Lipinski definition) is 1. The highest BCUT2D eigenvalue weighted by atomic mass is 16.2. The molecule has 6 heteroatoms. The summed E-state index contributed by atoms with van der Waals surface area (Å²) < 4.78 is 0. The first-order valence-electron chi connectivity index (χ1n) is 8.01. The van der Waals surface area contributed by atoms with Crippen LogP contribution in [0.25, 0.3) is 0 Å². The molecule has 2 amide bonds. The Hall–Kier alpha value is -2.11. The fraction of sp³-hybridized carbons (Fsp3) is 0.562. The Morgan fingerprint density at radius 2 is 2.09 bits per heavy atom. The molecule has 0 spiro atoms. The van der Waals surface area contributed by atoms with Crippen LogP contribution in [0.15, 0.2) is 18.3 Å². The smallest absolute Gasteiger partial charge is 0.257 e. The zero-order chi connectivity index (χ0) is 15.1. The molecule has 1 N–H and O–H groups in total. The van der Waals surface area contributed by atoms with Crippen molar-refractivity contribution in [3.05, 3.63) is 23.9 Å². The molecule has 2 atom stereocenters. The molecule has 1 aromatic heterocycles. The molecule has 0 radical (unpaired) electrons. The Bertz CT molecular complexity index is 612. The number of nitrogens with zero attached hydrogens (tertiary/aromatic N) is 3. The van der Waals surface area contributed by atoms with Crippen molar-refractivity contribution in [2.45, 2.75) is 12.8 Å². The third-order valence-electron chi connectivity index (χ3n) is 5.03. The second kappa shape index (κ2) is 5.26. The molecule has 6 nitrogen and oxygen atoms in total. The molecule has 4 rings (SSSR count). The van der Waals surface area contributed by atoms with E-state index in [-0.39, 0.29) is 17.7 Å². The Kier molecular flexibility index (Phi) is 3.24. The van der Waals surface area contributed by atoms with Gasteiger partial charge in [-0.25, -0.2) is 4.98 Å². The molecule has 0 aliphatic carbocycles. The van der Waals surface area contributed by atoms with Crippen LogP contribution in [-0.4, -0.2) is 54.4 Å². The van der Waals surface area contributed by atoms with E-state index >= 15 is 0 Å². The number of nitrogens with one attached hydrogen (secondary N) is 1. The summed E-state index contributed by atoms with van der Waals surface area (Å²) in [6, 6.07) is 3.67. The standard InChI is InChI=1S/C16H20N4O2/c21-15-13-10-20(9-11(13)8-18-15)14-12(4-3-5-17-14)16(22)19-6-1-2-7-19/h3-5,11,13H,1-2,6-10H2,(H,18,21)/t11-,13+/m0/s1. The lowest BCUT2D eigenvalue weighted by Crippen LogP contribution is -2.33. The summed E-state index contributed by atoms with van der Waals surface area (Å²) >= 11 is 0. The number of hydrogen-bond acceptors (Lipinski definition) is 4. The van der Waals surface area contributed by atoms with E-state index in [1.54, 1.807) is 6.20 Å². The van der Waals surface area contributed by atoms with Crippen LogP contribution in [0.1, 0.15) is 23.2 Å². The SMILES string of the molecule is O=C1NC[C@H]2CN(c3ncccc3C(=O)N3CCCC3)C[C@@H]12. The van der Waals surface area contributed by atoms with Crippen molar-refractivity contribution in [1.29, 1.82) is 0 Å². The van der Waals surface area contributed by atoms with E-state index in [0.29, 0.717) is 18.0 Å². The van der Waals surface area contributed by atoms with E-state index in [1.165, 1.54) is 0 Å². The van der Waals surface area contributed by atoms with Crippen molar-refractivity contribution < 1.29 is 9.59 Å². The molecule has 0 saturated carbocycles. The van der Waals surface area contributed by atoms with Crippen LogP contribution in [0.4, 0.5) is 5.82 Å². The van der Waals surface area contributed by atoms with Gasteiger partial charge >= 0.3 is 0 Å². The molecule has 22 heavy (non-hydrogen) atoms. The third-order valence-corrected chi connectivity index (χ3v) is 5.03. The van der Waals surface area contributed by atoms with E-state index < -0.39 is 0 Å². The largest absolute Gasteiger partial charge is 0.355 e. The normalized spacial score (nSPS) is 27.2. The minimum Gasteiger partial charge on any atom is -0.355 e. The average Bonchev–Trinajstić information content (AvgIpc) is 3.25. The van der Waals surface area contributed by atoms with Gasteiger partial charge in [-0.05, 0) is 25.0 Å². The summed E-state index contributed by atoms with van der Waals surface area (Å²) in [5, 5.41) is 2.91. The number of carbonyl (C=O) groups is 2. The number of likely N-dealkylation sites (tertiary alicyclic amines) is 1. The number of rotatable bonds is 2. The Morgan fingerprint density at radius 3 is 2.86 bits per heavy atom. The molecule has 3 aliphatic heterocycles. The highest BCUT2D eigenvalue weighted by Crippen LogP contribution is 2.32. The van der Waals surface area contributed by atoms with Gasteiger partial charge in [-0.15, -0.1) is 0 Å². The molecular weight excluding hydrogens is 280 g/mol. The average molecular weight is 300 g/mol. The molecule has 3 fully saturated rings. The molecule has 3 saturated heterocycles. The second-order valence-electron chi connectivity index (χ2n) is 6.39. The molecule has 116 valence electrons. The molecule has 0 aromatic carbocycles. The highest BCUT2D eigenvalue weighted by molar-refractivity contribution is 5.99. The zero-order valence-corrected chi connectivity index (χ0v) is 12.5. The minimum absolute atomic E-state index is 0.0387. The maximum absolute atomic E-state index is 12.7. The predicted octanol–water partition coefficient (Wildman–Crippen LogP) is 0.500. The molecule has 1 aromatic rings. The number of amides is 2. The molecule has 0 unspecified atom stereocenters. The van der Waals surface area contributed by atoms with E-state index in [2.05, 4.69) is 15.2 Å². The van der Waals surface area contributed by atoms with E-state index in [1.807, 2.05) is 17.0 Å². The number of anilines is 1. The summed E-state index contributed by atoms with van der Waals surface area (Å²) in [5.41, 5.74) is 0.671. The van der Waals surface area contributed by atoms with Gasteiger partial charge in [0.1, 0.15) is 5.82 Å². The Balaban J connectivity index is 1.60. The lowest BCUT2D eigenvalue weighted by atomic mass is 10.0. The van der Waals surface area contributed by atoms with Gasteiger partial charge in [-0.3, -0.25) is 9.59 Å². The summed E-state index contributed by atoms with van der Waals surface area (Å²) in [6.45, 7) is 3.86. The van der Waals surface area contributed by atoms with Crippen LogP contribution in [0, 0.1) is 11.8 Å². The van der Waals surface area contributed by atoms with Gasteiger partial charge in [0.2, 0.25) is 5.91 Å². The van der Waals surface area contributed by atoms with Crippen molar-refractivity contribution in [1.82, 2.24) is 15.2 Å². The fourth-order valence-corrected chi connectivity index (χ4v) is 3.82. The van der Waals surface area contributed by atoms with E-state index in [0.717, 1.165) is 44.8 Å². The number of carbonyl (C=O) groups excluding carboxylic acids is 2. The van der Waals surface area contributed by atoms with Crippen LogP contribution >= 0.6 is 0 Å². The van der Waals surface area contributed by atoms with Crippen molar-refractivity contribution in [3.8, 4) is 0 Å². The van der Waals surface area contributed by atoms with Crippen LogP contribution in [0.3, 0.4) is 0 Å². The maximum atomic E-state index is 12.7. The minimum atomic E-state index is 0.0387. The quantitative estimate of drug-likeness (QED) is 0.864. The first-order chi connectivity index (χ1) is 10.7. The van der Waals surface area contributed by atoms with Gasteiger partial charge in [-0.1, -0.05) is 0 Å². The summed E-state index contributed by atoms with van der Waals surface area (Å²) in [4.78, 5) is 33.0. The molecular formula is C16H20N4O2. The maximum Gasteiger partial charge on any atom is 0.257 e. The van der Waals surface area contributed by atoms with E-state index in [9.17, 15) is 9.59 Å². The van der Waals surface area contributed by atoms with Gasteiger partial charge in [0, 0.05) is 44.8 Å². The summed E-state index contributed by atoms with van der Waals surface area (Å²) in [7, 11) is 0. The van der Waals surface area contributed by atoms with Crippen LogP contribution in [0.2, 0.25) is 0 Å². The molecule has 3 aliphatic rings. The van der Waals surface area contributed by atoms with Crippen molar-refractivity contribution in [2.75, 3.05) is 37.6 Å². The summed E-state index contributed by atoms with van der Waals surface area (Å²) in [6.07, 6.45) is 3.88. The van der Waals surface area contributed by atoms with Crippen LogP contribution in [0.5, 0.6) is 0 Å². The van der Waals surface area contributed by atoms with Gasteiger partial charge in [0.15, 0.2) is 0 Å². The Morgan fingerprint density at radius 1 is 1.27 bits per heavy atom. The highest BCUT2D eigenvalue weighted by Gasteiger charge is 2.43. The number of pyridine rings is 1. The first-order valence-corrected chi connectivity index (χ1v) is 8.01. The van der Waals surface area contributed by atoms with Crippen molar-refractivity contribution >= 4 is 17.6 Å². The summed E-state index contributed by atoms with van der Waals surface area (Å²) in [5.74, 6) is 1.32. The monoisotopic (exact) mass is 300 g/mol. The fourth-order valence-electron chi connectivity index (χ4n) is 3.82. The topological polar surface area (TPSA) is 65.5 Å².